The first-order chi connectivity index (χ1) is 7.90. The Labute approximate surface area is 93.2 Å². The van der Waals surface area contributed by atoms with Crippen LogP contribution in [0.1, 0.15) is 0 Å². The molecule has 80 valence electrons. The summed E-state index contributed by atoms with van der Waals surface area (Å²) in [5.41, 5.74) is 1.01. The Morgan fingerprint density at radius 2 is 2.12 bits per heavy atom. The first-order valence-electron chi connectivity index (χ1n) is 5.23. The highest BCUT2D eigenvalue weighted by atomic mass is 16.5. The molecule has 0 fully saturated rings. The van der Waals surface area contributed by atoms with Crippen LogP contribution in [0.2, 0.25) is 0 Å². The van der Waals surface area contributed by atoms with Gasteiger partial charge in [-0.05, 0) is 11.5 Å². The normalized spacial score (nSPS) is 13.6. The number of hydrogen-bond donors (Lipinski definition) is 0. The fourth-order valence-corrected chi connectivity index (χ4v) is 2.09. The number of carbonyl (C=O) groups excluding carboxylic acids is 1. The van der Waals surface area contributed by atoms with E-state index in [4.69, 9.17) is 4.74 Å². The first-order valence-corrected chi connectivity index (χ1v) is 5.23. The molecule has 0 amide bonds. The first kappa shape index (κ1) is 9.21. The fourth-order valence-electron chi connectivity index (χ4n) is 2.09. The van der Waals surface area contributed by atoms with Gasteiger partial charge in [-0.3, -0.25) is 0 Å². The van der Waals surface area contributed by atoms with Gasteiger partial charge >= 0.3 is 0 Å². The van der Waals surface area contributed by atoms with Crippen molar-refractivity contribution in [2.45, 2.75) is 0 Å². The molecule has 16 heavy (non-hydrogen) atoms. The monoisotopic (exact) mass is 213 g/mol. The fraction of sp³-hybridized carbons (Fsp3) is 0.154. The minimum Gasteiger partial charge on any atom is -0.470 e. The molecule has 0 unspecified atom stereocenters. The van der Waals surface area contributed by atoms with Crippen LogP contribution in [0.4, 0.5) is 5.69 Å². The number of nitrogens with zero attached hydrogens (tertiary/aromatic N) is 1. The molecular formula is C13H11NO2. The number of ether oxygens (including phenoxy) is 1. The molecule has 0 bridgehead atoms. The van der Waals surface area contributed by atoms with E-state index in [2.05, 4.69) is 12.1 Å². The van der Waals surface area contributed by atoms with E-state index in [0.717, 1.165) is 28.5 Å². The maximum Gasteiger partial charge on any atom is 0.162 e. The van der Waals surface area contributed by atoms with Gasteiger partial charge in [-0.25, -0.2) is 0 Å². The number of anilines is 1. The average molecular weight is 213 g/mol. The number of carbonyl (C=O) groups is 1. The molecule has 0 saturated carbocycles. The van der Waals surface area contributed by atoms with Gasteiger partial charge in [0.2, 0.25) is 0 Å². The molecular weight excluding hydrogens is 202 g/mol. The lowest BCUT2D eigenvalue weighted by atomic mass is 10.1. The number of hydrogen-bond acceptors (Lipinski definition) is 3. The van der Waals surface area contributed by atoms with Gasteiger partial charge in [0.25, 0.3) is 0 Å². The number of rotatable bonds is 2. The van der Waals surface area contributed by atoms with E-state index in [1.165, 1.54) is 0 Å². The van der Waals surface area contributed by atoms with Crippen LogP contribution in [0, 0.1) is 0 Å². The van der Waals surface area contributed by atoms with Crippen LogP contribution >= 0.6 is 0 Å². The van der Waals surface area contributed by atoms with Crippen LogP contribution in [-0.2, 0) is 4.79 Å². The molecule has 0 atom stereocenters. The quantitative estimate of drug-likeness (QED) is 0.716. The molecule has 0 spiro atoms. The molecule has 0 aromatic heterocycles. The van der Waals surface area contributed by atoms with Crippen molar-refractivity contribution in [2.24, 2.45) is 0 Å². The van der Waals surface area contributed by atoms with Crippen molar-refractivity contribution in [1.29, 1.82) is 0 Å². The zero-order chi connectivity index (χ0) is 11.0. The Morgan fingerprint density at radius 3 is 3.00 bits per heavy atom. The van der Waals surface area contributed by atoms with Gasteiger partial charge in [-0.1, -0.05) is 30.3 Å². The molecule has 1 aliphatic heterocycles. The SMILES string of the molecule is O=CCN1COc2c1ccc1ccccc21. The third-order valence-electron chi connectivity index (χ3n) is 2.86. The Hall–Kier alpha value is -2.03. The topological polar surface area (TPSA) is 29.5 Å². The third-order valence-corrected chi connectivity index (χ3v) is 2.86. The summed E-state index contributed by atoms with van der Waals surface area (Å²) in [4.78, 5) is 12.5. The van der Waals surface area contributed by atoms with E-state index < -0.39 is 0 Å². The van der Waals surface area contributed by atoms with Crippen molar-refractivity contribution >= 4 is 22.7 Å². The molecule has 3 rings (SSSR count). The standard InChI is InChI=1S/C13H11NO2/c15-8-7-14-9-16-13-11-4-2-1-3-10(11)5-6-12(13)14/h1-6,8H,7,9H2. The van der Waals surface area contributed by atoms with Crippen molar-refractivity contribution in [1.82, 2.24) is 0 Å². The third kappa shape index (κ3) is 1.25. The Balaban J connectivity index is 2.18. The van der Waals surface area contributed by atoms with E-state index in [1.54, 1.807) is 0 Å². The smallest absolute Gasteiger partial charge is 0.162 e. The molecule has 1 heterocycles. The van der Waals surface area contributed by atoms with Crippen LogP contribution in [0.25, 0.3) is 10.8 Å². The summed E-state index contributed by atoms with van der Waals surface area (Å²) in [5.74, 6) is 0.889. The van der Waals surface area contributed by atoms with Crippen molar-refractivity contribution in [3.63, 3.8) is 0 Å². The van der Waals surface area contributed by atoms with Gasteiger partial charge in [0, 0.05) is 5.39 Å². The molecule has 0 N–H and O–H groups in total. The summed E-state index contributed by atoms with van der Waals surface area (Å²) in [6, 6.07) is 12.2. The van der Waals surface area contributed by atoms with Crippen LogP contribution in [0.3, 0.4) is 0 Å². The van der Waals surface area contributed by atoms with E-state index in [0.29, 0.717) is 13.3 Å². The summed E-state index contributed by atoms with van der Waals surface area (Å²) in [5, 5.41) is 2.27. The maximum absolute atomic E-state index is 10.5. The lowest BCUT2D eigenvalue weighted by Crippen LogP contribution is -2.23. The van der Waals surface area contributed by atoms with Gasteiger partial charge in [0.05, 0.1) is 12.2 Å². The Bertz CT molecular complexity index is 551. The maximum atomic E-state index is 10.5. The van der Waals surface area contributed by atoms with Crippen molar-refractivity contribution < 1.29 is 9.53 Å². The number of fused-ring (bicyclic) bond motifs is 3. The van der Waals surface area contributed by atoms with Gasteiger partial charge in [0.1, 0.15) is 6.29 Å². The van der Waals surface area contributed by atoms with Crippen molar-refractivity contribution in [3.8, 4) is 5.75 Å². The molecule has 2 aromatic carbocycles. The van der Waals surface area contributed by atoms with Crippen LogP contribution in [-0.4, -0.2) is 19.6 Å². The van der Waals surface area contributed by atoms with Gasteiger partial charge in [-0.2, -0.15) is 0 Å². The van der Waals surface area contributed by atoms with E-state index in [9.17, 15) is 4.79 Å². The molecule has 2 aromatic rings. The molecule has 0 aliphatic carbocycles. The predicted molar refractivity (Wildman–Crippen MR) is 62.9 cm³/mol. The van der Waals surface area contributed by atoms with Gasteiger partial charge < -0.3 is 14.4 Å². The lowest BCUT2D eigenvalue weighted by molar-refractivity contribution is -0.106. The summed E-state index contributed by atoms with van der Waals surface area (Å²) in [7, 11) is 0. The highest BCUT2D eigenvalue weighted by Crippen LogP contribution is 2.39. The number of benzene rings is 2. The number of aldehydes is 1. The minimum atomic E-state index is 0.380. The van der Waals surface area contributed by atoms with E-state index in [-0.39, 0.29) is 0 Å². The largest absolute Gasteiger partial charge is 0.470 e. The van der Waals surface area contributed by atoms with Crippen molar-refractivity contribution in [2.75, 3.05) is 18.2 Å². The molecule has 3 heteroatoms. The zero-order valence-corrected chi connectivity index (χ0v) is 8.72. The zero-order valence-electron chi connectivity index (χ0n) is 8.72. The Morgan fingerprint density at radius 1 is 1.25 bits per heavy atom. The second kappa shape index (κ2) is 3.52. The van der Waals surface area contributed by atoms with Crippen molar-refractivity contribution in [3.05, 3.63) is 36.4 Å². The molecule has 3 nitrogen and oxygen atoms in total. The van der Waals surface area contributed by atoms with Crippen LogP contribution in [0.5, 0.6) is 5.75 Å². The summed E-state index contributed by atoms with van der Waals surface area (Å²) in [6.45, 7) is 0.841. The van der Waals surface area contributed by atoms with Gasteiger partial charge in [0.15, 0.2) is 12.5 Å². The van der Waals surface area contributed by atoms with E-state index >= 15 is 0 Å². The molecule has 0 radical (unpaired) electrons. The second-order valence-electron chi connectivity index (χ2n) is 3.80. The highest BCUT2D eigenvalue weighted by Gasteiger charge is 2.21. The van der Waals surface area contributed by atoms with Crippen LogP contribution in [0.15, 0.2) is 36.4 Å². The molecule has 0 saturated heterocycles. The van der Waals surface area contributed by atoms with Crippen LogP contribution < -0.4 is 9.64 Å². The summed E-state index contributed by atoms with van der Waals surface area (Å²) >= 11 is 0. The summed E-state index contributed by atoms with van der Waals surface area (Å²) < 4.78 is 5.64. The lowest BCUT2D eigenvalue weighted by Gasteiger charge is -2.11. The predicted octanol–water partition coefficient (Wildman–Crippen LogP) is 2.20. The second-order valence-corrected chi connectivity index (χ2v) is 3.80. The average Bonchev–Trinajstić information content (AvgIpc) is 2.73. The van der Waals surface area contributed by atoms with E-state index in [1.807, 2.05) is 29.2 Å². The Kier molecular flexibility index (Phi) is 2.03. The molecule has 1 aliphatic rings. The van der Waals surface area contributed by atoms with Gasteiger partial charge in [-0.15, -0.1) is 0 Å². The summed E-state index contributed by atoms with van der Waals surface area (Å²) in [6.07, 6.45) is 0.896. The highest BCUT2D eigenvalue weighted by molar-refractivity contribution is 5.94. The minimum absolute atomic E-state index is 0.380.